The van der Waals surface area contributed by atoms with Crippen LogP contribution in [0.25, 0.3) is 0 Å². The number of nitrogens with zero attached hydrogens (tertiary/aromatic N) is 4. The smallest absolute Gasteiger partial charge is 0.344 e. The Kier molecular flexibility index (Phi) is 3.84. The van der Waals surface area contributed by atoms with Crippen molar-refractivity contribution < 1.29 is 4.79 Å². The molecule has 2 rings (SSSR count). The van der Waals surface area contributed by atoms with Gasteiger partial charge in [-0.05, 0) is 19.8 Å². The van der Waals surface area contributed by atoms with E-state index in [1.54, 1.807) is 16.5 Å². The fourth-order valence-corrected chi connectivity index (χ4v) is 2.15. The minimum atomic E-state index is -0.148. The highest BCUT2D eigenvalue weighted by atomic mass is 16.2. The fourth-order valence-electron chi connectivity index (χ4n) is 2.15. The lowest BCUT2D eigenvalue weighted by molar-refractivity contribution is -0.130. The van der Waals surface area contributed by atoms with E-state index in [0.717, 1.165) is 38.1 Å². The summed E-state index contributed by atoms with van der Waals surface area (Å²) in [6.07, 6.45) is 4.06. The second-order valence-corrected chi connectivity index (χ2v) is 4.73. The third kappa shape index (κ3) is 2.47. The standard InChI is InChI=1S/C12H20N4O2/c1-3-14(2)11(17)9-16-12(18)15-8-6-4-5-7-10(15)13-16/h3-9H2,1-2H3. The molecule has 0 aromatic carbocycles. The third-order valence-electron chi connectivity index (χ3n) is 3.47. The first-order chi connectivity index (χ1) is 8.63. The Labute approximate surface area is 106 Å². The second-order valence-electron chi connectivity index (χ2n) is 4.73. The molecule has 1 amide bonds. The van der Waals surface area contributed by atoms with Gasteiger partial charge in [0.1, 0.15) is 12.4 Å². The third-order valence-corrected chi connectivity index (χ3v) is 3.47. The van der Waals surface area contributed by atoms with Crippen molar-refractivity contribution in [2.24, 2.45) is 0 Å². The number of fused-ring (bicyclic) bond motifs is 1. The van der Waals surface area contributed by atoms with Crippen molar-refractivity contribution in [3.05, 3.63) is 16.3 Å². The van der Waals surface area contributed by atoms with Gasteiger partial charge in [0.2, 0.25) is 5.91 Å². The zero-order valence-corrected chi connectivity index (χ0v) is 11.1. The Bertz CT molecular complexity index is 489. The minimum absolute atomic E-state index is 0.0448. The molecule has 0 saturated heterocycles. The number of rotatable bonds is 3. The van der Waals surface area contributed by atoms with Crippen molar-refractivity contribution in [3.8, 4) is 0 Å². The van der Waals surface area contributed by atoms with Crippen molar-refractivity contribution in [1.29, 1.82) is 0 Å². The maximum absolute atomic E-state index is 12.1. The Morgan fingerprint density at radius 2 is 2.17 bits per heavy atom. The zero-order chi connectivity index (χ0) is 13.1. The molecule has 100 valence electrons. The van der Waals surface area contributed by atoms with Crippen LogP contribution in [-0.2, 0) is 24.3 Å². The number of carbonyl (C=O) groups excluding carboxylic acids is 1. The van der Waals surface area contributed by atoms with Gasteiger partial charge in [-0.3, -0.25) is 9.36 Å². The van der Waals surface area contributed by atoms with Crippen LogP contribution in [0.4, 0.5) is 0 Å². The van der Waals surface area contributed by atoms with Crippen LogP contribution < -0.4 is 5.69 Å². The van der Waals surface area contributed by atoms with Gasteiger partial charge in [0.15, 0.2) is 0 Å². The first-order valence-corrected chi connectivity index (χ1v) is 6.54. The Hall–Kier alpha value is -1.59. The molecule has 0 saturated carbocycles. The number of aromatic nitrogens is 3. The fraction of sp³-hybridized carbons (Fsp3) is 0.750. The molecule has 0 unspecified atom stereocenters. The number of amides is 1. The summed E-state index contributed by atoms with van der Waals surface area (Å²) in [6.45, 7) is 3.32. The normalized spacial score (nSPS) is 15.0. The van der Waals surface area contributed by atoms with Gasteiger partial charge < -0.3 is 4.90 Å². The summed E-state index contributed by atoms with van der Waals surface area (Å²) < 4.78 is 3.02. The maximum Gasteiger partial charge on any atom is 0.346 e. The van der Waals surface area contributed by atoms with Crippen LogP contribution in [0.3, 0.4) is 0 Å². The van der Waals surface area contributed by atoms with Crippen LogP contribution in [0.1, 0.15) is 32.0 Å². The lowest BCUT2D eigenvalue weighted by Crippen LogP contribution is -2.34. The molecule has 1 aliphatic rings. The van der Waals surface area contributed by atoms with E-state index in [2.05, 4.69) is 5.10 Å². The molecule has 0 radical (unpaired) electrons. The van der Waals surface area contributed by atoms with Gasteiger partial charge in [-0.2, -0.15) is 5.10 Å². The van der Waals surface area contributed by atoms with Crippen molar-refractivity contribution in [2.45, 2.75) is 45.7 Å². The van der Waals surface area contributed by atoms with Crippen molar-refractivity contribution in [3.63, 3.8) is 0 Å². The van der Waals surface area contributed by atoms with Crippen molar-refractivity contribution in [1.82, 2.24) is 19.2 Å². The molecule has 0 N–H and O–H groups in total. The Morgan fingerprint density at radius 3 is 2.89 bits per heavy atom. The van der Waals surface area contributed by atoms with E-state index in [0.29, 0.717) is 6.54 Å². The summed E-state index contributed by atoms with van der Waals surface area (Å²) in [5, 5.41) is 4.29. The Morgan fingerprint density at radius 1 is 1.39 bits per heavy atom. The van der Waals surface area contributed by atoms with Gasteiger partial charge in [0, 0.05) is 26.6 Å². The number of likely N-dealkylation sites (N-methyl/N-ethyl adjacent to an activating group) is 1. The summed E-state index contributed by atoms with van der Waals surface area (Å²) in [5.41, 5.74) is -0.148. The molecule has 6 heteroatoms. The van der Waals surface area contributed by atoms with Gasteiger partial charge in [0.25, 0.3) is 0 Å². The second kappa shape index (κ2) is 5.37. The van der Waals surface area contributed by atoms with Gasteiger partial charge in [-0.15, -0.1) is 0 Å². The lowest BCUT2D eigenvalue weighted by atomic mass is 10.2. The molecule has 0 bridgehead atoms. The summed E-state index contributed by atoms with van der Waals surface area (Å²) >= 11 is 0. The largest absolute Gasteiger partial charge is 0.346 e. The van der Waals surface area contributed by atoms with E-state index >= 15 is 0 Å². The molecular formula is C12H20N4O2. The molecule has 18 heavy (non-hydrogen) atoms. The van der Waals surface area contributed by atoms with Gasteiger partial charge in [0.05, 0.1) is 0 Å². The predicted molar refractivity (Wildman–Crippen MR) is 67.4 cm³/mol. The summed E-state index contributed by atoms with van der Waals surface area (Å²) in [4.78, 5) is 25.5. The summed E-state index contributed by atoms with van der Waals surface area (Å²) in [7, 11) is 1.73. The highest BCUT2D eigenvalue weighted by molar-refractivity contribution is 5.75. The van der Waals surface area contributed by atoms with Gasteiger partial charge in [-0.25, -0.2) is 9.48 Å². The van der Waals surface area contributed by atoms with Crippen molar-refractivity contribution >= 4 is 5.91 Å². The van der Waals surface area contributed by atoms with E-state index < -0.39 is 0 Å². The summed E-state index contributed by atoms with van der Waals surface area (Å²) in [5.74, 6) is 0.748. The minimum Gasteiger partial charge on any atom is -0.344 e. The topological polar surface area (TPSA) is 60.1 Å². The SMILES string of the molecule is CCN(C)C(=O)Cn1nc2n(c1=O)CCCCC2. The van der Waals surface area contributed by atoms with Crippen LogP contribution in [-0.4, -0.2) is 38.7 Å². The number of aryl methyl sites for hydroxylation is 1. The Balaban J connectivity index is 2.20. The number of carbonyl (C=O) groups is 1. The van der Waals surface area contributed by atoms with Gasteiger partial charge in [-0.1, -0.05) is 6.42 Å². The summed E-state index contributed by atoms with van der Waals surface area (Å²) in [6, 6.07) is 0. The van der Waals surface area contributed by atoms with Crippen molar-refractivity contribution in [2.75, 3.05) is 13.6 Å². The zero-order valence-electron chi connectivity index (χ0n) is 11.1. The van der Waals surface area contributed by atoms with Crippen LogP contribution in [0.5, 0.6) is 0 Å². The van der Waals surface area contributed by atoms with Crippen LogP contribution in [0, 0.1) is 0 Å². The van der Waals surface area contributed by atoms with E-state index in [-0.39, 0.29) is 18.1 Å². The molecule has 0 spiro atoms. The van der Waals surface area contributed by atoms with Gasteiger partial charge >= 0.3 is 5.69 Å². The monoisotopic (exact) mass is 252 g/mol. The lowest BCUT2D eigenvalue weighted by Gasteiger charge is -2.13. The highest BCUT2D eigenvalue weighted by Crippen LogP contribution is 2.10. The van der Waals surface area contributed by atoms with Crippen LogP contribution >= 0.6 is 0 Å². The van der Waals surface area contributed by atoms with Crippen LogP contribution in [0.15, 0.2) is 4.79 Å². The molecule has 0 atom stereocenters. The molecule has 0 fully saturated rings. The molecule has 6 nitrogen and oxygen atoms in total. The molecule has 0 aliphatic carbocycles. The maximum atomic E-state index is 12.1. The molecule has 1 aromatic heterocycles. The quantitative estimate of drug-likeness (QED) is 0.774. The molecule has 1 aliphatic heterocycles. The first kappa shape index (κ1) is 12.9. The van der Waals surface area contributed by atoms with Crippen LogP contribution in [0.2, 0.25) is 0 Å². The average molecular weight is 252 g/mol. The highest BCUT2D eigenvalue weighted by Gasteiger charge is 2.18. The number of hydrogen-bond acceptors (Lipinski definition) is 3. The van der Waals surface area contributed by atoms with E-state index in [1.165, 1.54) is 4.68 Å². The van der Waals surface area contributed by atoms with E-state index in [1.807, 2.05) is 6.92 Å². The van der Waals surface area contributed by atoms with E-state index in [4.69, 9.17) is 0 Å². The number of hydrogen-bond donors (Lipinski definition) is 0. The molecule has 2 heterocycles. The first-order valence-electron chi connectivity index (χ1n) is 6.54. The van der Waals surface area contributed by atoms with E-state index in [9.17, 15) is 9.59 Å². The average Bonchev–Trinajstić information content (AvgIpc) is 2.57. The predicted octanol–water partition coefficient (Wildman–Crippen LogP) is 0.249. The molecular weight excluding hydrogens is 232 g/mol. The molecule has 1 aromatic rings.